The number of benzene rings is 4. The number of hydrogen-bond acceptors (Lipinski definition) is 4. The number of ketones is 2. The topological polar surface area (TPSA) is 40.6 Å². The van der Waals surface area contributed by atoms with Crippen LogP contribution in [0.4, 0.5) is 0 Å². The molecule has 4 nitrogen and oxygen atoms in total. The fraction of sp³-hybridized carbons (Fsp3) is 0.536. The first kappa shape index (κ1) is 45.7. The van der Waals surface area contributed by atoms with Gasteiger partial charge >= 0.3 is 0 Å². The molecule has 0 amide bonds. The summed E-state index contributed by atoms with van der Waals surface area (Å²) in [6.07, 6.45) is 14.6. The van der Waals surface area contributed by atoms with Crippen LogP contribution in [0.1, 0.15) is 186 Å². The van der Waals surface area contributed by atoms with Crippen LogP contribution < -0.4 is 0 Å². The lowest BCUT2D eigenvalue weighted by Crippen LogP contribution is -2.54. The summed E-state index contributed by atoms with van der Waals surface area (Å²) in [5.41, 5.74) is 13.1. The molecule has 0 aromatic heterocycles. The van der Waals surface area contributed by atoms with Crippen molar-refractivity contribution in [1.29, 1.82) is 0 Å². The molecular weight excluding hydrogens is 733 g/mol. The van der Waals surface area contributed by atoms with Gasteiger partial charge in [0, 0.05) is 22.0 Å². The highest BCUT2D eigenvalue weighted by Crippen LogP contribution is 2.56. The van der Waals surface area contributed by atoms with Crippen molar-refractivity contribution in [1.82, 2.24) is 9.80 Å². The van der Waals surface area contributed by atoms with Gasteiger partial charge in [0.15, 0.2) is 11.6 Å². The molecule has 0 saturated carbocycles. The number of fused-ring (bicyclic) bond motifs is 6. The van der Waals surface area contributed by atoms with E-state index in [0.717, 1.165) is 88.2 Å². The number of hydrogen-bond donors (Lipinski definition) is 0. The fourth-order valence-electron chi connectivity index (χ4n) is 10.9. The maximum Gasteiger partial charge on any atom is 0.182 e. The van der Waals surface area contributed by atoms with Crippen LogP contribution in [0.25, 0.3) is 22.3 Å². The van der Waals surface area contributed by atoms with Crippen molar-refractivity contribution in [3.05, 3.63) is 117 Å². The third kappa shape index (κ3) is 7.90. The molecule has 2 unspecified atom stereocenters. The average molecular weight is 809 g/mol. The number of Topliss-reactive ketones (excluding diaryl/α,β-unsaturated/α-hetero) is 2. The van der Waals surface area contributed by atoms with E-state index in [2.05, 4.69) is 138 Å². The smallest absolute Gasteiger partial charge is 0.182 e. The van der Waals surface area contributed by atoms with Crippen LogP contribution in [-0.4, -0.2) is 60.6 Å². The molecule has 322 valence electrons. The van der Waals surface area contributed by atoms with Gasteiger partial charge in [0.25, 0.3) is 0 Å². The Morgan fingerprint density at radius 1 is 0.467 bits per heavy atom. The van der Waals surface area contributed by atoms with E-state index in [-0.39, 0.29) is 22.4 Å². The summed E-state index contributed by atoms with van der Waals surface area (Å²) in [6.45, 7) is 17.7. The van der Waals surface area contributed by atoms with Gasteiger partial charge in [0.2, 0.25) is 0 Å². The molecule has 0 bridgehead atoms. The lowest BCUT2D eigenvalue weighted by atomic mass is 9.70. The molecule has 2 aliphatic rings. The maximum absolute atomic E-state index is 15.2. The molecular formula is C56H76N2O2. The maximum atomic E-state index is 15.2. The van der Waals surface area contributed by atoms with Gasteiger partial charge in [-0.25, -0.2) is 0 Å². The molecule has 2 aliphatic carbocycles. The van der Waals surface area contributed by atoms with Crippen molar-refractivity contribution in [3.8, 4) is 22.3 Å². The largest absolute Gasteiger partial charge is 0.297 e. The monoisotopic (exact) mass is 809 g/mol. The van der Waals surface area contributed by atoms with Crippen LogP contribution in [0.3, 0.4) is 0 Å². The van der Waals surface area contributed by atoms with E-state index in [4.69, 9.17) is 0 Å². The van der Waals surface area contributed by atoms with E-state index in [1.807, 2.05) is 28.2 Å². The first-order valence-electron chi connectivity index (χ1n) is 23.5. The summed E-state index contributed by atoms with van der Waals surface area (Å²) in [5.74, 6) is 0.246. The summed E-state index contributed by atoms with van der Waals surface area (Å²) in [7, 11) is 8.10. The van der Waals surface area contributed by atoms with E-state index >= 15 is 9.59 Å². The van der Waals surface area contributed by atoms with E-state index in [9.17, 15) is 0 Å². The molecule has 6 rings (SSSR count). The Kier molecular flexibility index (Phi) is 13.9. The Bertz CT molecular complexity index is 2020. The fourth-order valence-corrected chi connectivity index (χ4v) is 10.9. The second-order valence-electron chi connectivity index (χ2n) is 19.7. The van der Waals surface area contributed by atoms with Crippen LogP contribution in [0.2, 0.25) is 0 Å². The zero-order valence-corrected chi connectivity index (χ0v) is 39.5. The van der Waals surface area contributed by atoms with E-state index in [1.54, 1.807) is 0 Å². The predicted molar refractivity (Wildman–Crippen MR) is 255 cm³/mol. The molecule has 60 heavy (non-hydrogen) atoms. The Labute approximate surface area is 364 Å². The lowest BCUT2D eigenvalue weighted by molar-refractivity contribution is 0.0550. The van der Waals surface area contributed by atoms with Gasteiger partial charge in [-0.1, -0.05) is 151 Å². The SMILES string of the molecule is CCCCC1(CCCC)c2cc(C)ccc2-c2ccc(C(=O)C(C)(CCC(C)(C(=O)c3ccc4c(c3)C(CCCC)(CCCC)c3cc(C)ccc3-4)N(C)C)N(C)C)cc21. The first-order chi connectivity index (χ1) is 28.6. The molecule has 0 spiro atoms. The molecule has 0 N–H and O–H groups in total. The standard InChI is InChI=1S/C56H76N2O2/c1-13-17-29-55(30-18-14-2)47-35-39(5)21-25-43(47)45-27-23-41(37-49(45)55)51(59)53(7,57(9)10)33-34-54(8,58(11)12)52(60)42-24-28-46-44-26-22-40(6)36-48(44)56(31-19-15-3,32-20-16-4)50(46)38-42/h21-28,35-38H,13-20,29-34H2,1-12H3. The highest BCUT2D eigenvalue weighted by molar-refractivity contribution is 6.05. The van der Waals surface area contributed by atoms with Crippen molar-refractivity contribution in [2.75, 3.05) is 28.2 Å². The van der Waals surface area contributed by atoms with Gasteiger partial charge < -0.3 is 0 Å². The van der Waals surface area contributed by atoms with Gasteiger partial charge in [-0.05, 0) is 151 Å². The molecule has 4 aromatic rings. The average Bonchev–Trinajstić information content (AvgIpc) is 3.66. The molecule has 4 aromatic carbocycles. The van der Waals surface area contributed by atoms with Crippen LogP contribution >= 0.6 is 0 Å². The number of likely N-dealkylation sites (N-methyl/N-ethyl adjacent to an activating group) is 2. The zero-order chi connectivity index (χ0) is 43.6. The van der Waals surface area contributed by atoms with Gasteiger partial charge in [-0.3, -0.25) is 19.4 Å². The third-order valence-electron chi connectivity index (χ3n) is 15.4. The Morgan fingerprint density at radius 3 is 1.03 bits per heavy atom. The second-order valence-corrected chi connectivity index (χ2v) is 19.7. The quantitative estimate of drug-likeness (QED) is 0.0786. The molecule has 0 saturated heterocycles. The van der Waals surface area contributed by atoms with Crippen molar-refractivity contribution in [2.45, 2.75) is 167 Å². The van der Waals surface area contributed by atoms with Crippen LogP contribution in [-0.2, 0) is 10.8 Å². The number of aryl methyl sites for hydroxylation is 2. The van der Waals surface area contributed by atoms with Gasteiger partial charge in [0.05, 0.1) is 11.1 Å². The summed E-state index contributed by atoms with van der Waals surface area (Å²) < 4.78 is 0. The molecule has 0 radical (unpaired) electrons. The number of nitrogens with zero attached hydrogens (tertiary/aromatic N) is 2. The van der Waals surface area contributed by atoms with Crippen LogP contribution in [0.15, 0.2) is 72.8 Å². The molecule has 4 heteroatoms. The van der Waals surface area contributed by atoms with Gasteiger partial charge in [0.1, 0.15) is 0 Å². The number of carbonyl (C=O) groups is 2. The van der Waals surface area contributed by atoms with E-state index in [0.29, 0.717) is 12.8 Å². The van der Waals surface area contributed by atoms with Crippen molar-refractivity contribution < 1.29 is 9.59 Å². The lowest BCUT2D eigenvalue weighted by Gasteiger charge is -2.41. The molecule has 0 heterocycles. The van der Waals surface area contributed by atoms with Crippen LogP contribution in [0, 0.1) is 13.8 Å². The number of unbranched alkanes of at least 4 members (excludes halogenated alkanes) is 4. The highest BCUT2D eigenvalue weighted by Gasteiger charge is 2.47. The van der Waals surface area contributed by atoms with Crippen molar-refractivity contribution in [2.24, 2.45) is 0 Å². The zero-order valence-electron chi connectivity index (χ0n) is 39.5. The van der Waals surface area contributed by atoms with E-state index in [1.165, 1.54) is 55.6 Å². The minimum Gasteiger partial charge on any atom is -0.297 e. The Morgan fingerprint density at radius 2 is 0.750 bits per heavy atom. The second kappa shape index (κ2) is 18.2. The summed E-state index contributed by atoms with van der Waals surface area (Å²) in [5, 5.41) is 0. The molecule has 0 aliphatic heterocycles. The molecule has 0 fully saturated rings. The number of carbonyl (C=O) groups excluding carboxylic acids is 2. The first-order valence-corrected chi connectivity index (χ1v) is 23.5. The normalized spacial score (nSPS) is 16.6. The van der Waals surface area contributed by atoms with Crippen molar-refractivity contribution in [3.63, 3.8) is 0 Å². The van der Waals surface area contributed by atoms with E-state index < -0.39 is 11.1 Å². The Balaban J connectivity index is 1.35. The van der Waals surface area contributed by atoms with Gasteiger partial charge in [-0.15, -0.1) is 0 Å². The summed E-state index contributed by atoms with van der Waals surface area (Å²) in [6, 6.07) is 27.1. The minimum absolute atomic E-state index is 0.0931. The highest BCUT2D eigenvalue weighted by atomic mass is 16.1. The predicted octanol–water partition coefficient (Wildman–Crippen LogP) is 14.1. The Hall–Kier alpha value is -3.86. The summed E-state index contributed by atoms with van der Waals surface area (Å²) >= 11 is 0. The number of rotatable bonds is 21. The minimum atomic E-state index is -0.823. The van der Waals surface area contributed by atoms with Crippen LogP contribution in [0.5, 0.6) is 0 Å². The third-order valence-corrected chi connectivity index (χ3v) is 15.4. The molecule has 2 atom stereocenters. The van der Waals surface area contributed by atoms with Gasteiger partial charge in [-0.2, -0.15) is 0 Å². The summed E-state index contributed by atoms with van der Waals surface area (Å²) in [4.78, 5) is 34.5. The van der Waals surface area contributed by atoms with Crippen molar-refractivity contribution >= 4 is 11.6 Å².